The fourth-order valence-corrected chi connectivity index (χ4v) is 2.26. The highest BCUT2D eigenvalue weighted by Crippen LogP contribution is 2.34. The van der Waals surface area contributed by atoms with Crippen LogP contribution < -0.4 is 5.32 Å². The van der Waals surface area contributed by atoms with Gasteiger partial charge < -0.3 is 5.32 Å². The molecule has 0 bridgehead atoms. The van der Waals surface area contributed by atoms with Crippen LogP contribution in [0.5, 0.6) is 0 Å². The summed E-state index contributed by atoms with van der Waals surface area (Å²) < 4.78 is 1.47. The lowest BCUT2D eigenvalue weighted by atomic mass is 10.0. The molecule has 2 rings (SSSR count). The number of aryl methyl sites for hydroxylation is 1. The van der Waals surface area contributed by atoms with Crippen molar-refractivity contribution in [2.45, 2.75) is 38.1 Å². The second-order valence-electron chi connectivity index (χ2n) is 4.69. The van der Waals surface area contributed by atoms with Gasteiger partial charge in [-0.2, -0.15) is 0 Å². The van der Waals surface area contributed by atoms with Crippen LogP contribution in [0.2, 0.25) is 0 Å². The van der Waals surface area contributed by atoms with E-state index < -0.39 is 4.92 Å². The minimum atomic E-state index is -0.395. The van der Waals surface area contributed by atoms with Crippen molar-refractivity contribution in [1.29, 1.82) is 0 Å². The van der Waals surface area contributed by atoms with E-state index in [2.05, 4.69) is 17.3 Å². The van der Waals surface area contributed by atoms with E-state index in [4.69, 9.17) is 0 Å². The highest BCUT2D eigenvalue weighted by Gasteiger charge is 2.32. The van der Waals surface area contributed by atoms with Gasteiger partial charge in [-0.05, 0) is 19.8 Å². The largest absolute Gasteiger partial charge is 0.358 e. The van der Waals surface area contributed by atoms with Crippen LogP contribution in [-0.4, -0.2) is 20.2 Å². The molecule has 88 valence electrons. The molecule has 1 heterocycles. The smallest absolute Gasteiger partial charge is 0.330 e. The predicted octanol–water partition coefficient (Wildman–Crippen LogP) is 2.07. The van der Waals surface area contributed by atoms with Crippen molar-refractivity contribution in [3.63, 3.8) is 0 Å². The van der Waals surface area contributed by atoms with Crippen LogP contribution in [0.15, 0.2) is 6.20 Å². The Balaban J connectivity index is 2.23. The third-order valence-corrected chi connectivity index (χ3v) is 3.13. The summed E-state index contributed by atoms with van der Waals surface area (Å²) in [6.07, 6.45) is 5.86. The summed E-state index contributed by atoms with van der Waals surface area (Å²) in [7, 11) is 1.69. The molecule has 1 aliphatic rings. The number of anilines is 1. The first kappa shape index (κ1) is 10.9. The summed E-state index contributed by atoms with van der Waals surface area (Å²) in [4.78, 5) is 10.4. The fraction of sp³-hybridized carbons (Fsp3) is 0.700. The molecular weight excluding hydrogens is 208 g/mol. The van der Waals surface area contributed by atoms with Gasteiger partial charge in [0.25, 0.3) is 0 Å². The molecule has 0 unspecified atom stereocenters. The van der Waals surface area contributed by atoms with Crippen LogP contribution in [0.25, 0.3) is 0 Å². The van der Waals surface area contributed by atoms with Gasteiger partial charge in [-0.15, -0.1) is 5.10 Å². The lowest BCUT2D eigenvalue weighted by molar-refractivity contribution is -0.384. The highest BCUT2D eigenvalue weighted by atomic mass is 16.6. The minimum absolute atomic E-state index is 0.0425. The van der Waals surface area contributed by atoms with Crippen molar-refractivity contribution in [2.24, 2.45) is 7.05 Å². The van der Waals surface area contributed by atoms with Crippen molar-refractivity contribution in [3.8, 4) is 0 Å². The Morgan fingerprint density at radius 1 is 1.56 bits per heavy atom. The van der Waals surface area contributed by atoms with Crippen LogP contribution >= 0.6 is 0 Å². The zero-order valence-electron chi connectivity index (χ0n) is 9.56. The van der Waals surface area contributed by atoms with Crippen molar-refractivity contribution in [3.05, 3.63) is 16.3 Å². The Hall–Kier alpha value is -1.59. The number of hydrogen-bond donors (Lipinski definition) is 1. The summed E-state index contributed by atoms with van der Waals surface area (Å²) in [5.74, 6) is 0.386. The second-order valence-corrected chi connectivity index (χ2v) is 4.69. The quantitative estimate of drug-likeness (QED) is 0.630. The number of nitrogens with one attached hydrogen (secondary N) is 1. The summed E-state index contributed by atoms with van der Waals surface area (Å²) >= 11 is 0. The molecular formula is C10H16N4O2. The molecule has 1 N–H and O–H groups in total. The van der Waals surface area contributed by atoms with E-state index in [0.717, 1.165) is 12.8 Å². The summed E-state index contributed by atoms with van der Waals surface area (Å²) in [6, 6.07) is 0. The molecule has 1 saturated carbocycles. The lowest BCUT2D eigenvalue weighted by Gasteiger charge is -2.24. The topological polar surface area (TPSA) is 73.0 Å². The Morgan fingerprint density at radius 3 is 2.75 bits per heavy atom. The van der Waals surface area contributed by atoms with E-state index in [1.165, 1.54) is 23.7 Å². The van der Waals surface area contributed by atoms with Gasteiger partial charge >= 0.3 is 5.69 Å². The van der Waals surface area contributed by atoms with Crippen molar-refractivity contribution < 1.29 is 4.92 Å². The first-order valence-corrected chi connectivity index (χ1v) is 5.46. The summed E-state index contributed by atoms with van der Waals surface area (Å²) in [5.41, 5.74) is 0.00896. The minimum Gasteiger partial charge on any atom is -0.358 e. The normalized spacial score (nSPS) is 18.6. The van der Waals surface area contributed by atoms with E-state index in [0.29, 0.717) is 5.82 Å². The Bertz CT molecular complexity index is 407. The highest BCUT2D eigenvalue weighted by molar-refractivity contribution is 5.56. The number of rotatable bonds is 3. The monoisotopic (exact) mass is 224 g/mol. The second kappa shape index (κ2) is 3.77. The third kappa shape index (κ3) is 2.00. The van der Waals surface area contributed by atoms with E-state index in [1.54, 1.807) is 7.05 Å². The van der Waals surface area contributed by atoms with Gasteiger partial charge in [0.1, 0.15) is 6.20 Å². The molecule has 0 atom stereocenters. The standard InChI is InChI=1S/C10H16N4O2/c1-10(5-3-4-6-10)11-9-8(14(15)16)7-13(2)12-9/h7H,3-6H2,1-2H3,(H,11,12). The van der Waals surface area contributed by atoms with Crippen LogP contribution in [0.1, 0.15) is 32.6 Å². The van der Waals surface area contributed by atoms with E-state index in [9.17, 15) is 10.1 Å². The third-order valence-electron chi connectivity index (χ3n) is 3.13. The molecule has 1 aromatic rings. The molecule has 1 fully saturated rings. The average molecular weight is 224 g/mol. The molecule has 1 aliphatic carbocycles. The molecule has 16 heavy (non-hydrogen) atoms. The van der Waals surface area contributed by atoms with Crippen LogP contribution in [0.3, 0.4) is 0 Å². The molecule has 0 saturated heterocycles. The van der Waals surface area contributed by atoms with Gasteiger partial charge in [-0.25, -0.2) is 0 Å². The van der Waals surface area contributed by atoms with Gasteiger partial charge in [0, 0.05) is 12.6 Å². The van der Waals surface area contributed by atoms with Gasteiger partial charge in [0.05, 0.1) is 4.92 Å². The molecule has 6 heteroatoms. The number of nitro groups is 1. The molecule has 0 aromatic carbocycles. The van der Waals surface area contributed by atoms with Crippen molar-refractivity contribution >= 4 is 11.5 Å². The zero-order valence-corrected chi connectivity index (χ0v) is 9.56. The maximum Gasteiger partial charge on any atom is 0.330 e. The first-order chi connectivity index (χ1) is 7.50. The Morgan fingerprint density at radius 2 is 2.19 bits per heavy atom. The maximum absolute atomic E-state index is 10.8. The van der Waals surface area contributed by atoms with E-state index in [-0.39, 0.29) is 11.2 Å². The maximum atomic E-state index is 10.8. The van der Waals surface area contributed by atoms with Crippen molar-refractivity contribution in [1.82, 2.24) is 9.78 Å². The van der Waals surface area contributed by atoms with Gasteiger partial charge in [0.15, 0.2) is 0 Å². The first-order valence-electron chi connectivity index (χ1n) is 5.46. The SMILES string of the molecule is Cn1cc([N+](=O)[O-])c(NC2(C)CCCC2)n1. The molecule has 0 radical (unpaired) electrons. The Labute approximate surface area is 93.8 Å². The summed E-state index contributed by atoms with van der Waals surface area (Å²) in [5, 5.41) is 18.1. The number of hydrogen-bond acceptors (Lipinski definition) is 4. The van der Waals surface area contributed by atoms with Crippen LogP contribution in [0, 0.1) is 10.1 Å². The van der Waals surface area contributed by atoms with E-state index in [1.807, 2.05) is 0 Å². The molecule has 1 aromatic heterocycles. The van der Waals surface area contributed by atoms with Gasteiger partial charge in [-0.3, -0.25) is 14.8 Å². The molecule has 0 aliphatic heterocycles. The zero-order chi connectivity index (χ0) is 11.8. The van der Waals surface area contributed by atoms with Crippen LogP contribution in [-0.2, 0) is 7.05 Å². The lowest BCUT2D eigenvalue weighted by Crippen LogP contribution is -2.31. The van der Waals surface area contributed by atoms with Crippen LogP contribution in [0.4, 0.5) is 11.5 Å². The summed E-state index contributed by atoms with van der Waals surface area (Å²) in [6.45, 7) is 2.10. The Kier molecular flexibility index (Phi) is 2.57. The van der Waals surface area contributed by atoms with Gasteiger partial charge in [0.2, 0.25) is 5.82 Å². The molecule has 6 nitrogen and oxygen atoms in total. The molecule has 0 amide bonds. The fourth-order valence-electron chi connectivity index (χ4n) is 2.26. The predicted molar refractivity (Wildman–Crippen MR) is 60.4 cm³/mol. The number of aromatic nitrogens is 2. The number of nitrogens with zero attached hydrogens (tertiary/aromatic N) is 3. The molecule has 0 spiro atoms. The van der Waals surface area contributed by atoms with E-state index >= 15 is 0 Å². The van der Waals surface area contributed by atoms with Gasteiger partial charge in [-0.1, -0.05) is 12.8 Å². The van der Waals surface area contributed by atoms with Crippen molar-refractivity contribution in [2.75, 3.05) is 5.32 Å². The average Bonchev–Trinajstić information content (AvgIpc) is 2.73.